The maximum Gasteiger partial charge on any atom is 0.306 e. The van der Waals surface area contributed by atoms with Crippen LogP contribution in [0.15, 0.2) is 24.3 Å². The fourth-order valence-electron chi connectivity index (χ4n) is 1.80. The lowest BCUT2D eigenvalue weighted by Crippen LogP contribution is -2.13. The summed E-state index contributed by atoms with van der Waals surface area (Å²) < 4.78 is 5.22. The fraction of sp³-hybridized carbons (Fsp3) is 0.533. The zero-order chi connectivity index (χ0) is 13.5. The van der Waals surface area contributed by atoms with Crippen LogP contribution >= 0.6 is 11.6 Å². The molecule has 100 valence electrons. The maximum absolute atomic E-state index is 11.7. The molecule has 0 saturated heterocycles. The first-order valence-electron chi connectivity index (χ1n) is 6.44. The zero-order valence-corrected chi connectivity index (χ0v) is 12.0. The van der Waals surface area contributed by atoms with Crippen LogP contribution in [0.3, 0.4) is 0 Å². The number of benzene rings is 1. The van der Waals surface area contributed by atoms with E-state index in [-0.39, 0.29) is 11.9 Å². The third-order valence-corrected chi connectivity index (χ3v) is 3.17. The number of carbonyl (C=O) groups is 1. The number of carbonyl (C=O) groups excluding carboxylic acids is 1. The second-order valence-corrected chi connectivity index (χ2v) is 5.31. The van der Waals surface area contributed by atoms with Crippen LogP contribution in [0.2, 0.25) is 5.02 Å². The molecule has 1 aromatic carbocycles. The Bertz CT molecular complexity index is 388. The van der Waals surface area contributed by atoms with Crippen molar-refractivity contribution in [2.75, 3.05) is 6.61 Å². The number of esters is 1. The van der Waals surface area contributed by atoms with Gasteiger partial charge < -0.3 is 4.74 Å². The minimum Gasteiger partial charge on any atom is -0.465 e. The number of hydrogen-bond donors (Lipinski definition) is 0. The van der Waals surface area contributed by atoms with Crippen LogP contribution in [0.25, 0.3) is 0 Å². The summed E-state index contributed by atoms with van der Waals surface area (Å²) in [5.74, 6) is 0.364. The third-order valence-electron chi connectivity index (χ3n) is 2.83. The number of rotatable bonds is 6. The summed E-state index contributed by atoms with van der Waals surface area (Å²) in [5.41, 5.74) is 1.03. The van der Waals surface area contributed by atoms with Crippen molar-refractivity contribution >= 4 is 17.6 Å². The van der Waals surface area contributed by atoms with Crippen molar-refractivity contribution in [3.8, 4) is 0 Å². The topological polar surface area (TPSA) is 26.3 Å². The van der Waals surface area contributed by atoms with E-state index < -0.39 is 0 Å². The molecule has 0 radical (unpaired) electrons. The number of hydrogen-bond acceptors (Lipinski definition) is 2. The van der Waals surface area contributed by atoms with Crippen LogP contribution in [0, 0.1) is 5.92 Å². The van der Waals surface area contributed by atoms with E-state index in [0.29, 0.717) is 18.9 Å². The van der Waals surface area contributed by atoms with Crippen molar-refractivity contribution in [2.45, 2.75) is 39.5 Å². The summed E-state index contributed by atoms with van der Waals surface area (Å²) in [6.45, 7) is 6.60. The second-order valence-electron chi connectivity index (χ2n) is 4.91. The van der Waals surface area contributed by atoms with Crippen LogP contribution in [-0.4, -0.2) is 12.6 Å². The highest BCUT2D eigenvalue weighted by Crippen LogP contribution is 2.29. The molecule has 0 heterocycles. The van der Waals surface area contributed by atoms with Crippen LogP contribution in [-0.2, 0) is 9.53 Å². The van der Waals surface area contributed by atoms with Gasteiger partial charge in [0.05, 0.1) is 13.0 Å². The van der Waals surface area contributed by atoms with E-state index in [1.807, 2.05) is 38.1 Å². The molecule has 0 amide bonds. The van der Waals surface area contributed by atoms with Crippen molar-refractivity contribution in [2.24, 2.45) is 5.92 Å². The van der Waals surface area contributed by atoms with E-state index in [0.717, 1.165) is 17.0 Å². The van der Waals surface area contributed by atoms with Crippen molar-refractivity contribution in [1.29, 1.82) is 0 Å². The second kappa shape index (κ2) is 7.42. The van der Waals surface area contributed by atoms with Crippen LogP contribution < -0.4 is 0 Å². The Hall–Kier alpha value is -1.02. The standard InChI is InChI=1S/C15H21ClO2/c1-4-12(9-15(17)18-10-11(2)3)13-7-5-6-8-14(13)16/h5-8,11-12H,4,9-10H2,1-3H3. The molecule has 1 aromatic rings. The lowest BCUT2D eigenvalue weighted by atomic mass is 9.93. The number of ether oxygens (including phenoxy) is 1. The fourth-order valence-corrected chi connectivity index (χ4v) is 2.09. The molecule has 0 saturated carbocycles. The van der Waals surface area contributed by atoms with Gasteiger partial charge in [-0.15, -0.1) is 0 Å². The highest BCUT2D eigenvalue weighted by Gasteiger charge is 2.17. The maximum atomic E-state index is 11.7. The Morgan fingerprint density at radius 3 is 2.56 bits per heavy atom. The Morgan fingerprint density at radius 1 is 1.33 bits per heavy atom. The molecule has 1 rings (SSSR count). The molecule has 1 atom stereocenters. The monoisotopic (exact) mass is 268 g/mol. The summed E-state index contributed by atoms with van der Waals surface area (Å²) in [6, 6.07) is 7.68. The molecule has 18 heavy (non-hydrogen) atoms. The van der Waals surface area contributed by atoms with E-state index in [4.69, 9.17) is 16.3 Å². The minimum absolute atomic E-state index is 0.137. The smallest absolute Gasteiger partial charge is 0.306 e. The van der Waals surface area contributed by atoms with Gasteiger partial charge in [-0.3, -0.25) is 4.79 Å². The highest BCUT2D eigenvalue weighted by atomic mass is 35.5. The molecular weight excluding hydrogens is 248 g/mol. The molecule has 0 aliphatic carbocycles. The van der Waals surface area contributed by atoms with E-state index in [9.17, 15) is 4.79 Å². The Morgan fingerprint density at radius 2 is 2.00 bits per heavy atom. The van der Waals surface area contributed by atoms with E-state index in [1.54, 1.807) is 0 Å². The predicted octanol–water partition coefficient (Wildman–Crippen LogP) is 4.42. The van der Waals surface area contributed by atoms with Gasteiger partial charge in [0.1, 0.15) is 0 Å². The molecule has 0 aliphatic rings. The molecule has 2 nitrogen and oxygen atoms in total. The molecule has 0 N–H and O–H groups in total. The lowest BCUT2D eigenvalue weighted by molar-refractivity contribution is -0.145. The molecular formula is C15H21ClO2. The molecule has 0 fully saturated rings. The largest absolute Gasteiger partial charge is 0.465 e. The average molecular weight is 269 g/mol. The summed E-state index contributed by atoms with van der Waals surface area (Å²) in [4.78, 5) is 11.7. The Labute approximate surface area is 114 Å². The lowest BCUT2D eigenvalue weighted by Gasteiger charge is -2.16. The van der Waals surface area contributed by atoms with Gasteiger partial charge in [0, 0.05) is 5.02 Å². The first-order valence-corrected chi connectivity index (χ1v) is 6.82. The first-order chi connectivity index (χ1) is 8.54. The van der Waals surface area contributed by atoms with Gasteiger partial charge in [0.15, 0.2) is 0 Å². The molecule has 0 aliphatic heterocycles. The molecule has 1 unspecified atom stereocenters. The predicted molar refractivity (Wildman–Crippen MR) is 74.9 cm³/mol. The average Bonchev–Trinajstić information content (AvgIpc) is 2.34. The summed E-state index contributed by atoms with van der Waals surface area (Å²) in [7, 11) is 0. The van der Waals surface area contributed by atoms with Gasteiger partial charge in [-0.05, 0) is 29.9 Å². The normalized spacial score (nSPS) is 12.5. The Balaban J connectivity index is 2.62. The summed E-state index contributed by atoms with van der Waals surface area (Å²) in [5, 5.41) is 0.723. The van der Waals surface area contributed by atoms with Gasteiger partial charge in [-0.2, -0.15) is 0 Å². The van der Waals surface area contributed by atoms with Crippen molar-refractivity contribution in [1.82, 2.24) is 0 Å². The number of halogens is 1. The zero-order valence-electron chi connectivity index (χ0n) is 11.3. The highest BCUT2D eigenvalue weighted by molar-refractivity contribution is 6.31. The molecule has 0 aromatic heterocycles. The molecule has 3 heteroatoms. The quantitative estimate of drug-likeness (QED) is 0.714. The van der Waals surface area contributed by atoms with E-state index >= 15 is 0 Å². The van der Waals surface area contributed by atoms with Crippen LogP contribution in [0.5, 0.6) is 0 Å². The SMILES string of the molecule is CCC(CC(=O)OCC(C)C)c1ccccc1Cl. The van der Waals surface area contributed by atoms with Gasteiger partial charge in [-0.1, -0.05) is 50.6 Å². The van der Waals surface area contributed by atoms with Gasteiger partial charge >= 0.3 is 5.97 Å². The van der Waals surface area contributed by atoms with Gasteiger partial charge in [0.25, 0.3) is 0 Å². The van der Waals surface area contributed by atoms with E-state index in [2.05, 4.69) is 6.92 Å². The van der Waals surface area contributed by atoms with Gasteiger partial charge in [-0.25, -0.2) is 0 Å². The van der Waals surface area contributed by atoms with Crippen molar-refractivity contribution in [3.05, 3.63) is 34.9 Å². The van der Waals surface area contributed by atoms with Crippen molar-refractivity contribution < 1.29 is 9.53 Å². The van der Waals surface area contributed by atoms with Crippen LogP contribution in [0.4, 0.5) is 0 Å². The molecule has 0 spiro atoms. The van der Waals surface area contributed by atoms with E-state index in [1.165, 1.54) is 0 Å². The summed E-state index contributed by atoms with van der Waals surface area (Å²) >= 11 is 6.16. The van der Waals surface area contributed by atoms with Crippen molar-refractivity contribution in [3.63, 3.8) is 0 Å². The Kier molecular flexibility index (Phi) is 6.20. The van der Waals surface area contributed by atoms with Gasteiger partial charge in [0.2, 0.25) is 0 Å². The van der Waals surface area contributed by atoms with Crippen LogP contribution in [0.1, 0.15) is 45.1 Å². The first kappa shape index (κ1) is 15.0. The third kappa shape index (κ3) is 4.69. The minimum atomic E-state index is -0.143. The molecule has 0 bridgehead atoms. The summed E-state index contributed by atoms with van der Waals surface area (Å²) in [6.07, 6.45) is 1.27.